The van der Waals surface area contributed by atoms with Gasteiger partial charge in [-0.25, -0.2) is 9.78 Å². The van der Waals surface area contributed by atoms with Gasteiger partial charge in [0.2, 0.25) is 0 Å². The van der Waals surface area contributed by atoms with Gasteiger partial charge in [0.05, 0.1) is 5.69 Å². The predicted molar refractivity (Wildman–Crippen MR) is 77.8 cm³/mol. The van der Waals surface area contributed by atoms with Crippen molar-refractivity contribution in [3.63, 3.8) is 0 Å². The molecule has 1 aromatic rings. The molecule has 0 saturated heterocycles. The van der Waals surface area contributed by atoms with Gasteiger partial charge >= 0.3 is 5.97 Å². The maximum Gasteiger partial charge on any atom is 0.329 e. The zero-order valence-electron chi connectivity index (χ0n) is 11.8. The van der Waals surface area contributed by atoms with Crippen LogP contribution in [0.25, 0.3) is 0 Å². The van der Waals surface area contributed by atoms with Crippen molar-refractivity contribution in [2.75, 3.05) is 5.32 Å². The summed E-state index contributed by atoms with van der Waals surface area (Å²) in [7, 11) is 0. The van der Waals surface area contributed by atoms with E-state index >= 15 is 0 Å². The van der Waals surface area contributed by atoms with Crippen molar-refractivity contribution in [3.8, 4) is 0 Å². The SMILES string of the molecule is CCC1CCC(Nc2nc(C)c(C)s2)(C(=O)O)CC1. The third kappa shape index (κ3) is 2.91. The lowest BCUT2D eigenvalue weighted by Gasteiger charge is -2.37. The summed E-state index contributed by atoms with van der Waals surface area (Å²) in [5.74, 6) is -0.0680. The number of anilines is 1. The number of aryl methyl sites for hydroxylation is 2. The molecule has 5 heteroatoms. The molecule has 2 N–H and O–H groups in total. The lowest BCUT2D eigenvalue weighted by atomic mass is 9.75. The van der Waals surface area contributed by atoms with E-state index in [4.69, 9.17) is 0 Å². The smallest absolute Gasteiger partial charge is 0.329 e. The van der Waals surface area contributed by atoms with Crippen molar-refractivity contribution in [1.29, 1.82) is 0 Å². The van der Waals surface area contributed by atoms with E-state index in [2.05, 4.69) is 17.2 Å². The molecule has 0 radical (unpaired) electrons. The number of carboxylic acid groups (broad SMARTS) is 1. The van der Waals surface area contributed by atoms with Crippen LogP contribution in [0.1, 0.15) is 49.6 Å². The van der Waals surface area contributed by atoms with Crippen LogP contribution in [0.3, 0.4) is 0 Å². The van der Waals surface area contributed by atoms with Crippen LogP contribution in [0.2, 0.25) is 0 Å². The Kier molecular flexibility index (Phi) is 4.13. The Morgan fingerprint density at radius 1 is 1.47 bits per heavy atom. The molecule has 0 spiro atoms. The van der Waals surface area contributed by atoms with E-state index in [1.165, 1.54) is 0 Å². The summed E-state index contributed by atoms with van der Waals surface area (Å²) in [5.41, 5.74) is 0.165. The van der Waals surface area contributed by atoms with Crippen molar-refractivity contribution < 1.29 is 9.90 Å². The maximum absolute atomic E-state index is 11.7. The lowest BCUT2D eigenvalue weighted by molar-refractivity contribution is -0.143. The third-order valence-corrected chi connectivity index (χ3v) is 5.31. The van der Waals surface area contributed by atoms with Crippen LogP contribution < -0.4 is 5.32 Å². The van der Waals surface area contributed by atoms with Gasteiger partial charge in [-0.2, -0.15) is 0 Å². The number of hydrogen-bond acceptors (Lipinski definition) is 4. The standard InChI is InChI=1S/C14H22N2O2S/c1-4-11-5-7-14(8-6-11,12(17)18)16-13-15-9(2)10(3)19-13/h11H,4-8H2,1-3H3,(H,15,16)(H,17,18). The molecule has 0 amide bonds. The number of rotatable bonds is 4. The monoisotopic (exact) mass is 282 g/mol. The van der Waals surface area contributed by atoms with E-state index < -0.39 is 11.5 Å². The number of aliphatic carboxylic acids is 1. The fraction of sp³-hybridized carbons (Fsp3) is 0.714. The Hall–Kier alpha value is -1.10. The van der Waals surface area contributed by atoms with Gasteiger partial charge in [0.15, 0.2) is 5.13 Å². The number of nitrogens with zero attached hydrogens (tertiary/aromatic N) is 1. The van der Waals surface area contributed by atoms with Crippen LogP contribution in [0.5, 0.6) is 0 Å². The molecule has 1 aliphatic rings. The molecule has 0 aliphatic heterocycles. The number of carboxylic acids is 1. The first-order chi connectivity index (χ1) is 8.97. The largest absolute Gasteiger partial charge is 0.480 e. The van der Waals surface area contributed by atoms with Crippen LogP contribution >= 0.6 is 11.3 Å². The zero-order valence-corrected chi connectivity index (χ0v) is 12.6. The minimum Gasteiger partial charge on any atom is -0.480 e. The summed E-state index contributed by atoms with van der Waals surface area (Å²) in [4.78, 5) is 17.2. The fourth-order valence-corrected chi connectivity index (χ4v) is 3.61. The van der Waals surface area contributed by atoms with Crippen LogP contribution in [-0.2, 0) is 4.79 Å². The third-order valence-electron chi connectivity index (χ3n) is 4.32. The second-order valence-corrected chi connectivity index (χ2v) is 6.73. The van der Waals surface area contributed by atoms with Crippen molar-refractivity contribution in [3.05, 3.63) is 10.6 Å². The van der Waals surface area contributed by atoms with Crippen LogP contribution in [-0.4, -0.2) is 21.6 Å². The number of hydrogen-bond donors (Lipinski definition) is 2. The molecule has 1 saturated carbocycles. The fourth-order valence-electron chi connectivity index (χ4n) is 2.70. The average molecular weight is 282 g/mol. The van der Waals surface area contributed by atoms with Crippen LogP contribution in [0.4, 0.5) is 5.13 Å². The summed E-state index contributed by atoms with van der Waals surface area (Å²) in [6, 6.07) is 0. The van der Waals surface area contributed by atoms with Gasteiger partial charge in [-0.3, -0.25) is 0 Å². The van der Waals surface area contributed by atoms with Gasteiger partial charge in [-0.05, 0) is 45.4 Å². The average Bonchev–Trinajstić information content (AvgIpc) is 2.69. The number of nitrogens with one attached hydrogen (secondary N) is 1. The Labute approximate surface area is 118 Å². The lowest BCUT2D eigenvalue weighted by Crippen LogP contribution is -2.49. The van der Waals surface area contributed by atoms with E-state index in [-0.39, 0.29) is 0 Å². The van der Waals surface area contributed by atoms with Crippen LogP contribution in [0, 0.1) is 19.8 Å². The topological polar surface area (TPSA) is 62.2 Å². The van der Waals surface area contributed by atoms with Gasteiger partial charge in [-0.1, -0.05) is 13.3 Å². The molecule has 19 heavy (non-hydrogen) atoms. The normalized spacial score (nSPS) is 27.2. The molecule has 1 fully saturated rings. The molecular formula is C14H22N2O2S. The Morgan fingerprint density at radius 3 is 2.53 bits per heavy atom. The highest BCUT2D eigenvalue weighted by atomic mass is 32.1. The Bertz CT molecular complexity index is 443. The highest BCUT2D eigenvalue weighted by Gasteiger charge is 2.42. The second kappa shape index (κ2) is 5.49. The number of carbonyl (C=O) groups is 1. The van der Waals surface area contributed by atoms with E-state index in [1.54, 1.807) is 11.3 Å². The van der Waals surface area contributed by atoms with Crippen molar-refractivity contribution in [1.82, 2.24) is 4.98 Å². The minimum absolute atomic E-state index is 0.675. The molecule has 4 nitrogen and oxygen atoms in total. The highest BCUT2D eigenvalue weighted by Crippen LogP contribution is 2.37. The first-order valence-corrected chi connectivity index (χ1v) is 7.74. The van der Waals surface area contributed by atoms with E-state index in [0.717, 1.165) is 35.0 Å². The first kappa shape index (κ1) is 14.3. The predicted octanol–water partition coefficient (Wildman–Crippen LogP) is 3.60. The second-order valence-electron chi connectivity index (χ2n) is 5.52. The van der Waals surface area contributed by atoms with Crippen molar-refractivity contribution >= 4 is 22.4 Å². The van der Waals surface area contributed by atoms with E-state index in [0.29, 0.717) is 18.8 Å². The number of aromatic nitrogens is 1. The van der Waals surface area contributed by atoms with Gasteiger partial charge in [0.25, 0.3) is 0 Å². The van der Waals surface area contributed by atoms with E-state index in [9.17, 15) is 9.90 Å². The maximum atomic E-state index is 11.7. The molecule has 0 bridgehead atoms. The van der Waals surface area contributed by atoms with Crippen LogP contribution in [0.15, 0.2) is 0 Å². The summed E-state index contributed by atoms with van der Waals surface area (Å²) in [6.07, 6.45) is 4.50. The molecule has 0 atom stereocenters. The van der Waals surface area contributed by atoms with Gasteiger partial charge < -0.3 is 10.4 Å². The Balaban J connectivity index is 2.15. The molecule has 0 aromatic carbocycles. The first-order valence-electron chi connectivity index (χ1n) is 6.92. The Morgan fingerprint density at radius 2 is 2.11 bits per heavy atom. The molecule has 2 rings (SSSR count). The summed E-state index contributed by atoms with van der Waals surface area (Å²) in [5, 5.41) is 13.6. The van der Waals surface area contributed by atoms with Gasteiger partial charge in [0, 0.05) is 4.88 Å². The summed E-state index contributed by atoms with van der Waals surface area (Å²) < 4.78 is 0. The molecule has 1 aromatic heterocycles. The highest BCUT2D eigenvalue weighted by molar-refractivity contribution is 7.15. The van der Waals surface area contributed by atoms with E-state index in [1.807, 2.05) is 13.8 Å². The molecular weight excluding hydrogens is 260 g/mol. The van der Waals surface area contributed by atoms with Crippen molar-refractivity contribution in [2.45, 2.75) is 58.4 Å². The molecule has 106 valence electrons. The zero-order chi connectivity index (χ0) is 14.0. The summed E-state index contributed by atoms with van der Waals surface area (Å²) >= 11 is 1.54. The minimum atomic E-state index is -0.817. The van der Waals surface area contributed by atoms with Gasteiger partial charge in [-0.15, -0.1) is 11.3 Å². The van der Waals surface area contributed by atoms with Gasteiger partial charge in [0.1, 0.15) is 5.54 Å². The molecule has 1 aliphatic carbocycles. The van der Waals surface area contributed by atoms with Crippen molar-refractivity contribution in [2.24, 2.45) is 5.92 Å². The quantitative estimate of drug-likeness (QED) is 0.885. The molecule has 1 heterocycles. The summed E-state index contributed by atoms with van der Waals surface area (Å²) in [6.45, 7) is 6.15. The number of thiazole rings is 1. The molecule has 0 unspecified atom stereocenters.